The smallest absolute Gasteiger partial charge is 0.346 e. The fourth-order valence-corrected chi connectivity index (χ4v) is 3.03. The van der Waals surface area contributed by atoms with Crippen molar-refractivity contribution in [1.29, 1.82) is 0 Å². The van der Waals surface area contributed by atoms with Crippen molar-refractivity contribution in [1.82, 2.24) is 9.97 Å². The van der Waals surface area contributed by atoms with E-state index in [4.69, 9.17) is 0 Å². The van der Waals surface area contributed by atoms with E-state index in [-0.39, 0.29) is 10.6 Å². The van der Waals surface area contributed by atoms with Gasteiger partial charge < -0.3 is 9.84 Å². The van der Waals surface area contributed by atoms with Crippen LogP contribution in [0, 0.1) is 0 Å². The summed E-state index contributed by atoms with van der Waals surface area (Å²) in [5, 5.41) is 9.94. The van der Waals surface area contributed by atoms with E-state index >= 15 is 0 Å². The molecule has 22 heavy (non-hydrogen) atoms. The Morgan fingerprint density at radius 3 is 2.64 bits per heavy atom. The molecule has 0 aliphatic carbocycles. The second kappa shape index (κ2) is 5.53. The summed E-state index contributed by atoms with van der Waals surface area (Å²) in [5.74, 6) is -0.846. The molecule has 0 spiro atoms. The minimum absolute atomic E-state index is 0.337. The molecule has 0 atom stereocenters. The standard InChI is InChI=1S/C15H10N2O4S/c1-21-14(19)12-13(18)10-3-2-8(4-11(10)22-15(12)20)9-5-16-7-17-6-9/h2-7,20H,1H3. The van der Waals surface area contributed by atoms with Crippen LogP contribution in [0.3, 0.4) is 0 Å². The minimum atomic E-state index is -0.846. The number of esters is 1. The topological polar surface area (TPSA) is 89.4 Å². The minimum Gasteiger partial charge on any atom is -0.499 e. The maximum atomic E-state index is 12.3. The van der Waals surface area contributed by atoms with Gasteiger partial charge in [-0.3, -0.25) is 4.79 Å². The van der Waals surface area contributed by atoms with Crippen LogP contribution >= 0.6 is 11.3 Å². The Morgan fingerprint density at radius 1 is 1.23 bits per heavy atom. The van der Waals surface area contributed by atoms with Gasteiger partial charge in [0.15, 0.2) is 10.6 Å². The molecule has 3 rings (SSSR count). The van der Waals surface area contributed by atoms with Gasteiger partial charge in [0.05, 0.1) is 7.11 Å². The Labute approximate surface area is 128 Å². The van der Waals surface area contributed by atoms with Gasteiger partial charge in [0.25, 0.3) is 0 Å². The van der Waals surface area contributed by atoms with E-state index in [2.05, 4.69) is 14.7 Å². The third kappa shape index (κ3) is 2.31. The summed E-state index contributed by atoms with van der Waals surface area (Å²) in [6.07, 6.45) is 4.73. The summed E-state index contributed by atoms with van der Waals surface area (Å²) in [6.45, 7) is 0. The SMILES string of the molecule is COC(=O)c1c(O)sc2cc(-c3cncnc3)ccc2c1=O. The molecular formula is C15H10N2O4S. The lowest BCUT2D eigenvalue weighted by atomic mass is 10.1. The predicted molar refractivity (Wildman–Crippen MR) is 82.1 cm³/mol. The van der Waals surface area contributed by atoms with Crippen molar-refractivity contribution in [2.45, 2.75) is 0 Å². The van der Waals surface area contributed by atoms with Crippen LogP contribution in [-0.4, -0.2) is 28.2 Å². The summed E-state index contributed by atoms with van der Waals surface area (Å²) in [4.78, 5) is 31.8. The highest BCUT2D eigenvalue weighted by molar-refractivity contribution is 7.20. The number of hydrogen-bond donors (Lipinski definition) is 1. The molecule has 0 fully saturated rings. The third-order valence-corrected chi connectivity index (χ3v) is 4.11. The van der Waals surface area contributed by atoms with E-state index in [9.17, 15) is 14.7 Å². The molecule has 110 valence electrons. The summed E-state index contributed by atoms with van der Waals surface area (Å²) in [5.41, 5.74) is 0.722. The Kier molecular flexibility index (Phi) is 3.56. The Balaban J connectivity index is 2.24. The lowest BCUT2D eigenvalue weighted by Crippen LogP contribution is -2.15. The number of carbonyl (C=O) groups excluding carboxylic acids is 1. The van der Waals surface area contributed by atoms with Crippen molar-refractivity contribution in [3.8, 4) is 16.2 Å². The average Bonchev–Trinajstić information content (AvgIpc) is 2.55. The van der Waals surface area contributed by atoms with Crippen LogP contribution in [0.15, 0.2) is 41.7 Å². The van der Waals surface area contributed by atoms with Crippen LogP contribution in [0.4, 0.5) is 0 Å². The number of hydrogen-bond acceptors (Lipinski definition) is 7. The van der Waals surface area contributed by atoms with Crippen molar-refractivity contribution < 1.29 is 14.6 Å². The molecular weight excluding hydrogens is 304 g/mol. The highest BCUT2D eigenvalue weighted by Gasteiger charge is 2.20. The number of aromatic hydroxyl groups is 1. The van der Waals surface area contributed by atoms with Gasteiger partial charge >= 0.3 is 5.97 Å². The molecule has 2 heterocycles. The van der Waals surface area contributed by atoms with E-state index in [0.717, 1.165) is 29.6 Å². The van der Waals surface area contributed by atoms with E-state index in [1.807, 2.05) is 0 Å². The van der Waals surface area contributed by atoms with Crippen molar-refractivity contribution >= 4 is 27.4 Å². The molecule has 0 amide bonds. The zero-order valence-corrected chi connectivity index (χ0v) is 12.3. The number of nitrogens with zero attached hydrogens (tertiary/aromatic N) is 2. The van der Waals surface area contributed by atoms with Gasteiger partial charge in [0.2, 0.25) is 5.43 Å². The fraction of sp³-hybridized carbons (Fsp3) is 0.0667. The monoisotopic (exact) mass is 314 g/mol. The maximum Gasteiger partial charge on any atom is 0.346 e. The Bertz CT molecular complexity index is 922. The summed E-state index contributed by atoms with van der Waals surface area (Å²) >= 11 is 0.949. The molecule has 2 aromatic heterocycles. The molecule has 1 aromatic carbocycles. The zero-order valence-electron chi connectivity index (χ0n) is 11.4. The van der Waals surface area contributed by atoms with Crippen LogP contribution in [-0.2, 0) is 4.74 Å². The summed E-state index contributed by atoms with van der Waals surface area (Å²) < 4.78 is 5.10. The van der Waals surface area contributed by atoms with Crippen molar-refractivity contribution in [3.05, 3.63) is 52.7 Å². The lowest BCUT2D eigenvalue weighted by Gasteiger charge is -2.06. The van der Waals surface area contributed by atoms with E-state index in [1.54, 1.807) is 30.6 Å². The number of rotatable bonds is 2. The summed E-state index contributed by atoms with van der Waals surface area (Å²) in [7, 11) is 1.16. The molecule has 0 saturated carbocycles. The second-order valence-electron chi connectivity index (χ2n) is 4.44. The third-order valence-electron chi connectivity index (χ3n) is 3.16. The van der Waals surface area contributed by atoms with Gasteiger partial charge in [-0.1, -0.05) is 17.4 Å². The molecule has 6 nitrogen and oxygen atoms in total. The number of aromatic nitrogens is 2. The molecule has 0 aliphatic heterocycles. The van der Waals surface area contributed by atoms with Crippen LogP contribution in [0.5, 0.6) is 5.06 Å². The number of fused-ring (bicyclic) bond motifs is 1. The van der Waals surface area contributed by atoms with E-state index in [0.29, 0.717) is 10.1 Å². The first kappa shape index (κ1) is 14.2. The van der Waals surface area contributed by atoms with Gasteiger partial charge in [0.1, 0.15) is 6.33 Å². The van der Waals surface area contributed by atoms with Crippen molar-refractivity contribution in [3.63, 3.8) is 0 Å². The Morgan fingerprint density at radius 2 is 1.95 bits per heavy atom. The zero-order chi connectivity index (χ0) is 15.7. The number of carbonyl (C=O) groups is 1. The van der Waals surface area contributed by atoms with Crippen molar-refractivity contribution in [2.24, 2.45) is 0 Å². The first-order chi connectivity index (χ1) is 10.6. The lowest BCUT2D eigenvalue weighted by molar-refractivity contribution is 0.0597. The molecule has 0 bridgehead atoms. The normalized spacial score (nSPS) is 10.6. The highest BCUT2D eigenvalue weighted by Crippen LogP contribution is 2.31. The average molecular weight is 314 g/mol. The van der Waals surface area contributed by atoms with Gasteiger partial charge in [-0.15, -0.1) is 0 Å². The number of ether oxygens (including phenoxy) is 1. The molecule has 0 radical (unpaired) electrons. The predicted octanol–water partition coefficient (Wildman–Crippen LogP) is 2.21. The van der Waals surface area contributed by atoms with Gasteiger partial charge in [-0.2, -0.15) is 0 Å². The molecule has 0 saturated heterocycles. The number of methoxy groups -OCH3 is 1. The summed E-state index contributed by atoms with van der Waals surface area (Å²) in [6, 6.07) is 5.11. The molecule has 0 aliphatic rings. The van der Waals surface area contributed by atoms with E-state index < -0.39 is 11.4 Å². The highest BCUT2D eigenvalue weighted by atomic mass is 32.1. The maximum absolute atomic E-state index is 12.3. The van der Waals surface area contributed by atoms with Crippen LogP contribution in [0.25, 0.3) is 21.2 Å². The molecule has 1 N–H and O–H groups in total. The quantitative estimate of drug-likeness (QED) is 0.729. The molecule has 0 unspecified atom stereocenters. The largest absolute Gasteiger partial charge is 0.499 e. The first-order valence-corrected chi connectivity index (χ1v) is 7.07. The van der Waals surface area contributed by atoms with Gasteiger partial charge in [0, 0.05) is 28.0 Å². The van der Waals surface area contributed by atoms with Crippen LogP contribution < -0.4 is 5.43 Å². The van der Waals surface area contributed by atoms with Gasteiger partial charge in [-0.05, 0) is 17.7 Å². The van der Waals surface area contributed by atoms with Crippen LogP contribution in [0.2, 0.25) is 0 Å². The molecule has 7 heteroatoms. The van der Waals surface area contributed by atoms with Crippen LogP contribution in [0.1, 0.15) is 10.4 Å². The Hall–Kier alpha value is -2.80. The number of benzene rings is 1. The second-order valence-corrected chi connectivity index (χ2v) is 5.47. The van der Waals surface area contributed by atoms with Crippen molar-refractivity contribution in [2.75, 3.05) is 7.11 Å². The van der Waals surface area contributed by atoms with Gasteiger partial charge in [-0.25, -0.2) is 14.8 Å². The first-order valence-electron chi connectivity index (χ1n) is 6.25. The molecule has 3 aromatic rings. The van der Waals surface area contributed by atoms with E-state index in [1.165, 1.54) is 6.33 Å². The fourth-order valence-electron chi connectivity index (χ4n) is 2.09.